The molecule has 1 aromatic carbocycles. The predicted octanol–water partition coefficient (Wildman–Crippen LogP) is 2.39. The van der Waals surface area contributed by atoms with Crippen LogP contribution < -0.4 is 10.6 Å². The van der Waals surface area contributed by atoms with Crippen LogP contribution in [0.2, 0.25) is 5.02 Å². The van der Waals surface area contributed by atoms with Crippen molar-refractivity contribution in [2.75, 3.05) is 24.7 Å². The SMILES string of the molecule is CN(C)c1cccc(Cl)c1-c1cnn(C)c1N. The highest BCUT2D eigenvalue weighted by Crippen LogP contribution is 2.38. The molecule has 0 radical (unpaired) electrons. The highest BCUT2D eigenvalue weighted by molar-refractivity contribution is 6.34. The van der Waals surface area contributed by atoms with E-state index in [0.717, 1.165) is 16.8 Å². The first-order valence-electron chi connectivity index (χ1n) is 5.26. The van der Waals surface area contributed by atoms with E-state index in [2.05, 4.69) is 5.10 Å². The first-order chi connectivity index (χ1) is 8.02. The number of anilines is 2. The molecular formula is C12H15ClN4. The summed E-state index contributed by atoms with van der Waals surface area (Å²) in [6.07, 6.45) is 1.74. The number of nitrogens with two attached hydrogens (primary N) is 1. The van der Waals surface area contributed by atoms with Gasteiger partial charge in [-0.3, -0.25) is 4.68 Å². The van der Waals surface area contributed by atoms with E-state index in [1.165, 1.54) is 0 Å². The number of aryl methyl sites for hydroxylation is 1. The molecule has 0 atom stereocenters. The maximum atomic E-state index is 6.27. The Hall–Kier alpha value is -1.68. The molecule has 0 unspecified atom stereocenters. The van der Waals surface area contributed by atoms with Crippen LogP contribution in [-0.4, -0.2) is 23.9 Å². The lowest BCUT2D eigenvalue weighted by atomic mass is 10.1. The second kappa shape index (κ2) is 4.30. The van der Waals surface area contributed by atoms with Crippen molar-refractivity contribution in [1.82, 2.24) is 9.78 Å². The molecule has 17 heavy (non-hydrogen) atoms. The second-order valence-electron chi connectivity index (χ2n) is 4.10. The Morgan fingerprint density at radius 1 is 1.35 bits per heavy atom. The van der Waals surface area contributed by atoms with Gasteiger partial charge >= 0.3 is 0 Å². The van der Waals surface area contributed by atoms with E-state index >= 15 is 0 Å². The molecule has 5 heteroatoms. The third kappa shape index (κ3) is 1.96. The van der Waals surface area contributed by atoms with Crippen LogP contribution in [0.25, 0.3) is 11.1 Å². The van der Waals surface area contributed by atoms with E-state index in [-0.39, 0.29) is 0 Å². The van der Waals surface area contributed by atoms with Crippen LogP contribution in [0.5, 0.6) is 0 Å². The van der Waals surface area contributed by atoms with E-state index in [4.69, 9.17) is 17.3 Å². The monoisotopic (exact) mass is 250 g/mol. The zero-order valence-electron chi connectivity index (χ0n) is 10.1. The number of hydrogen-bond donors (Lipinski definition) is 1. The highest BCUT2D eigenvalue weighted by atomic mass is 35.5. The van der Waals surface area contributed by atoms with E-state index < -0.39 is 0 Å². The first kappa shape index (κ1) is 11.8. The third-order valence-electron chi connectivity index (χ3n) is 2.73. The molecule has 0 aliphatic heterocycles. The Labute approximate surface area is 106 Å². The molecule has 2 rings (SSSR count). The molecule has 1 aromatic heterocycles. The van der Waals surface area contributed by atoms with Crippen molar-refractivity contribution in [2.45, 2.75) is 0 Å². The molecule has 0 amide bonds. The van der Waals surface area contributed by atoms with Crippen LogP contribution in [-0.2, 0) is 7.05 Å². The van der Waals surface area contributed by atoms with Gasteiger partial charge < -0.3 is 10.6 Å². The first-order valence-corrected chi connectivity index (χ1v) is 5.64. The van der Waals surface area contributed by atoms with Crippen molar-refractivity contribution in [3.63, 3.8) is 0 Å². The Balaban J connectivity index is 2.70. The number of rotatable bonds is 2. The van der Waals surface area contributed by atoms with Gasteiger partial charge in [-0.1, -0.05) is 17.7 Å². The predicted molar refractivity (Wildman–Crippen MR) is 72.4 cm³/mol. The van der Waals surface area contributed by atoms with Crippen molar-refractivity contribution >= 4 is 23.1 Å². The van der Waals surface area contributed by atoms with Gasteiger partial charge in [-0.2, -0.15) is 5.10 Å². The summed E-state index contributed by atoms with van der Waals surface area (Å²) in [5.41, 5.74) is 8.80. The van der Waals surface area contributed by atoms with Gasteiger partial charge in [0.1, 0.15) is 5.82 Å². The lowest BCUT2D eigenvalue weighted by Crippen LogP contribution is -2.10. The number of hydrogen-bond acceptors (Lipinski definition) is 3. The minimum Gasteiger partial charge on any atom is -0.383 e. The summed E-state index contributed by atoms with van der Waals surface area (Å²) >= 11 is 6.27. The normalized spacial score (nSPS) is 10.6. The van der Waals surface area contributed by atoms with E-state index in [0.29, 0.717) is 10.8 Å². The van der Waals surface area contributed by atoms with Crippen LogP contribution in [0.3, 0.4) is 0 Å². The molecule has 0 saturated carbocycles. The van der Waals surface area contributed by atoms with Gasteiger partial charge in [-0.15, -0.1) is 0 Å². The Bertz CT molecular complexity index is 545. The zero-order chi connectivity index (χ0) is 12.6. The van der Waals surface area contributed by atoms with E-state index in [9.17, 15) is 0 Å². The lowest BCUT2D eigenvalue weighted by Gasteiger charge is -2.18. The Morgan fingerprint density at radius 3 is 2.59 bits per heavy atom. The van der Waals surface area contributed by atoms with Crippen LogP contribution in [0.1, 0.15) is 0 Å². The van der Waals surface area contributed by atoms with Gasteiger partial charge in [0.05, 0.1) is 11.2 Å². The summed E-state index contributed by atoms with van der Waals surface area (Å²) in [5, 5.41) is 4.83. The largest absolute Gasteiger partial charge is 0.383 e. The molecule has 0 spiro atoms. The molecule has 2 N–H and O–H groups in total. The number of nitrogens with zero attached hydrogens (tertiary/aromatic N) is 3. The number of nitrogen functional groups attached to an aromatic ring is 1. The van der Waals surface area contributed by atoms with Crippen molar-refractivity contribution in [1.29, 1.82) is 0 Å². The summed E-state index contributed by atoms with van der Waals surface area (Å²) in [7, 11) is 5.76. The van der Waals surface area contributed by atoms with Crippen LogP contribution >= 0.6 is 11.6 Å². The zero-order valence-corrected chi connectivity index (χ0v) is 10.9. The highest BCUT2D eigenvalue weighted by Gasteiger charge is 2.16. The molecule has 2 aromatic rings. The molecule has 0 aliphatic rings. The second-order valence-corrected chi connectivity index (χ2v) is 4.50. The Morgan fingerprint density at radius 2 is 2.06 bits per heavy atom. The number of halogens is 1. The fourth-order valence-electron chi connectivity index (χ4n) is 1.79. The van der Waals surface area contributed by atoms with Gasteiger partial charge in [0, 0.05) is 38.0 Å². The minimum absolute atomic E-state index is 0.612. The Kier molecular flexibility index (Phi) is 2.98. The van der Waals surface area contributed by atoms with Gasteiger partial charge in [0.25, 0.3) is 0 Å². The summed E-state index contributed by atoms with van der Waals surface area (Å²) < 4.78 is 1.64. The molecule has 0 fully saturated rings. The smallest absolute Gasteiger partial charge is 0.129 e. The van der Waals surface area contributed by atoms with Crippen molar-refractivity contribution in [3.8, 4) is 11.1 Å². The fraction of sp³-hybridized carbons (Fsp3) is 0.250. The van der Waals surface area contributed by atoms with Crippen LogP contribution in [0.15, 0.2) is 24.4 Å². The molecule has 0 saturated heterocycles. The van der Waals surface area contributed by atoms with Crippen molar-refractivity contribution in [3.05, 3.63) is 29.4 Å². The molecule has 0 bridgehead atoms. The maximum absolute atomic E-state index is 6.27. The number of aromatic nitrogens is 2. The number of benzene rings is 1. The third-order valence-corrected chi connectivity index (χ3v) is 3.04. The molecule has 1 heterocycles. The average Bonchev–Trinajstić information content (AvgIpc) is 2.60. The minimum atomic E-state index is 0.612. The van der Waals surface area contributed by atoms with E-state index in [1.54, 1.807) is 10.9 Å². The lowest BCUT2D eigenvalue weighted by molar-refractivity contribution is 0.779. The van der Waals surface area contributed by atoms with Gasteiger partial charge in [-0.25, -0.2) is 0 Å². The summed E-state index contributed by atoms with van der Waals surface area (Å²) in [6, 6.07) is 5.79. The van der Waals surface area contributed by atoms with Gasteiger partial charge in [0.15, 0.2) is 0 Å². The van der Waals surface area contributed by atoms with Crippen molar-refractivity contribution < 1.29 is 0 Å². The molecule has 4 nitrogen and oxygen atoms in total. The maximum Gasteiger partial charge on any atom is 0.129 e. The molecule has 90 valence electrons. The summed E-state index contributed by atoms with van der Waals surface area (Å²) in [6.45, 7) is 0. The molecule has 0 aliphatic carbocycles. The van der Waals surface area contributed by atoms with E-state index in [1.807, 2.05) is 44.2 Å². The van der Waals surface area contributed by atoms with Crippen molar-refractivity contribution in [2.24, 2.45) is 7.05 Å². The summed E-state index contributed by atoms with van der Waals surface area (Å²) in [5.74, 6) is 0.612. The summed E-state index contributed by atoms with van der Waals surface area (Å²) in [4.78, 5) is 2.01. The van der Waals surface area contributed by atoms with Crippen LogP contribution in [0, 0.1) is 0 Å². The molecular weight excluding hydrogens is 236 g/mol. The standard InChI is InChI=1S/C12H15ClN4/c1-16(2)10-6-4-5-9(13)11(10)8-7-15-17(3)12(8)14/h4-7H,14H2,1-3H3. The van der Waals surface area contributed by atoms with Gasteiger partial charge in [0.2, 0.25) is 0 Å². The quantitative estimate of drug-likeness (QED) is 0.890. The van der Waals surface area contributed by atoms with Gasteiger partial charge in [-0.05, 0) is 12.1 Å². The average molecular weight is 251 g/mol. The fourth-order valence-corrected chi connectivity index (χ4v) is 2.06. The topological polar surface area (TPSA) is 47.1 Å². The van der Waals surface area contributed by atoms with Crippen LogP contribution in [0.4, 0.5) is 11.5 Å².